The second kappa shape index (κ2) is 6.12. The van der Waals surface area contributed by atoms with E-state index in [4.69, 9.17) is 9.15 Å². The Balaban J connectivity index is 1.82. The lowest BCUT2D eigenvalue weighted by molar-refractivity contribution is 0.198. The van der Waals surface area contributed by atoms with E-state index in [0.717, 1.165) is 12.2 Å². The average molecular weight is 252 g/mol. The molecule has 0 saturated carbocycles. The molecule has 0 unspecified atom stereocenters. The van der Waals surface area contributed by atoms with Gasteiger partial charge in [0.25, 0.3) is 0 Å². The standard InChI is InChI=1S/C10H16N6O2/c1-16-7-8(5-12-16)13-10-15-14-9(18-10)6-11-3-4-17-2/h5,7,11H,3-4,6H2,1-2H3,(H,13,15). The molecule has 0 amide bonds. The zero-order valence-electron chi connectivity index (χ0n) is 10.4. The first-order chi connectivity index (χ1) is 8.78. The molecule has 0 radical (unpaired) electrons. The molecule has 2 N–H and O–H groups in total. The quantitative estimate of drug-likeness (QED) is 0.684. The van der Waals surface area contributed by atoms with Crippen LogP contribution in [0.3, 0.4) is 0 Å². The van der Waals surface area contributed by atoms with Crippen molar-refractivity contribution in [3.63, 3.8) is 0 Å². The molecule has 8 nitrogen and oxygen atoms in total. The van der Waals surface area contributed by atoms with Crippen LogP contribution in [-0.2, 0) is 18.3 Å². The summed E-state index contributed by atoms with van der Waals surface area (Å²) in [5.41, 5.74) is 0.806. The normalized spacial score (nSPS) is 10.8. The van der Waals surface area contributed by atoms with Crippen molar-refractivity contribution in [3.8, 4) is 0 Å². The van der Waals surface area contributed by atoms with Gasteiger partial charge in [-0.1, -0.05) is 5.10 Å². The molecular formula is C10H16N6O2. The van der Waals surface area contributed by atoms with Gasteiger partial charge < -0.3 is 19.8 Å². The Morgan fingerprint density at radius 3 is 3.06 bits per heavy atom. The summed E-state index contributed by atoms with van der Waals surface area (Å²) >= 11 is 0. The Morgan fingerprint density at radius 1 is 1.44 bits per heavy atom. The van der Waals surface area contributed by atoms with Crippen LogP contribution in [0, 0.1) is 0 Å². The van der Waals surface area contributed by atoms with E-state index in [0.29, 0.717) is 25.1 Å². The molecule has 2 rings (SSSR count). The van der Waals surface area contributed by atoms with Crippen LogP contribution in [0.1, 0.15) is 5.89 Å². The highest BCUT2D eigenvalue weighted by Gasteiger charge is 2.06. The number of hydrogen-bond donors (Lipinski definition) is 2. The smallest absolute Gasteiger partial charge is 0.320 e. The first-order valence-corrected chi connectivity index (χ1v) is 5.55. The molecule has 18 heavy (non-hydrogen) atoms. The highest BCUT2D eigenvalue weighted by molar-refractivity contribution is 5.48. The van der Waals surface area contributed by atoms with E-state index >= 15 is 0 Å². The molecule has 0 aliphatic carbocycles. The van der Waals surface area contributed by atoms with E-state index in [2.05, 4.69) is 25.9 Å². The van der Waals surface area contributed by atoms with Gasteiger partial charge in [-0.2, -0.15) is 5.10 Å². The topological polar surface area (TPSA) is 90.0 Å². The van der Waals surface area contributed by atoms with Crippen molar-refractivity contribution in [2.24, 2.45) is 7.05 Å². The summed E-state index contributed by atoms with van der Waals surface area (Å²) in [5, 5.41) is 17.9. The van der Waals surface area contributed by atoms with Gasteiger partial charge in [-0.3, -0.25) is 4.68 Å². The highest BCUT2D eigenvalue weighted by Crippen LogP contribution is 2.13. The molecule has 8 heteroatoms. The van der Waals surface area contributed by atoms with Crippen molar-refractivity contribution in [2.75, 3.05) is 25.6 Å². The molecule has 0 bridgehead atoms. The van der Waals surface area contributed by atoms with Gasteiger partial charge in [-0.25, -0.2) is 0 Å². The van der Waals surface area contributed by atoms with Crippen molar-refractivity contribution in [3.05, 3.63) is 18.3 Å². The summed E-state index contributed by atoms with van der Waals surface area (Å²) in [5.74, 6) is 0.525. The average Bonchev–Trinajstić information content (AvgIpc) is 2.95. The van der Waals surface area contributed by atoms with Crippen LogP contribution in [0.2, 0.25) is 0 Å². The van der Waals surface area contributed by atoms with Gasteiger partial charge in [0, 0.05) is 26.9 Å². The molecule has 0 fully saturated rings. The summed E-state index contributed by atoms with van der Waals surface area (Å²) in [6, 6.07) is 0.353. The maximum atomic E-state index is 5.40. The van der Waals surface area contributed by atoms with Gasteiger partial charge in [-0.15, -0.1) is 5.10 Å². The molecule has 0 spiro atoms. The lowest BCUT2D eigenvalue weighted by Gasteiger charge is -1.99. The van der Waals surface area contributed by atoms with Gasteiger partial charge in [0.15, 0.2) is 0 Å². The van der Waals surface area contributed by atoms with Crippen LogP contribution in [0.5, 0.6) is 0 Å². The van der Waals surface area contributed by atoms with Gasteiger partial charge in [0.05, 0.1) is 25.0 Å². The summed E-state index contributed by atoms with van der Waals surface area (Å²) in [7, 11) is 3.49. The van der Waals surface area contributed by atoms with Crippen molar-refractivity contribution in [1.29, 1.82) is 0 Å². The third-order valence-electron chi connectivity index (χ3n) is 2.18. The summed E-state index contributed by atoms with van der Waals surface area (Å²) in [6.07, 6.45) is 3.50. The number of aryl methyl sites for hydroxylation is 1. The van der Waals surface area contributed by atoms with E-state index in [-0.39, 0.29) is 0 Å². The minimum absolute atomic E-state index is 0.353. The zero-order valence-corrected chi connectivity index (χ0v) is 10.4. The number of nitrogens with zero attached hydrogens (tertiary/aromatic N) is 4. The molecule has 0 atom stereocenters. The van der Waals surface area contributed by atoms with E-state index in [1.165, 1.54) is 0 Å². The molecule has 98 valence electrons. The number of rotatable bonds is 7. The molecule has 0 saturated heterocycles. The summed E-state index contributed by atoms with van der Waals surface area (Å²) in [4.78, 5) is 0. The monoisotopic (exact) mass is 252 g/mol. The second-order valence-corrected chi connectivity index (χ2v) is 3.70. The van der Waals surface area contributed by atoms with E-state index < -0.39 is 0 Å². The van der Waals surface area contributed by atoms with Crippen LogP contribution >= 0.6 is 0 Å². The fraction of sp³-hybridized carbons (Fsp3) is 0.500. The Bertz CT molecular complexity index is 480. The summed E-state index contributed by atoms with van der Waals surface area (Å²) < 4.78 is 12.0. The molecule has 2 aromatic rings. The maximum absolute atomic E-state index is 5.40. The number of aromatic nitrogens is 4. The third kappa shape index (κ3) is 3.54. The van der Waals surface area contributed by atoms with Crippen LogP contribution < -0.4 is 10.6 Å². The predicted molar refractivity (Wildman–Crippen MR) is 64.4 cm³/mol. The van der Waals surface area contributed by atoms with Crippen molar-refractivity contribution in [1.82, 2.24) is 25.3 Å². The fourth-order valence-corrected chi connectivity index (χ4v) is 1.35. The van der Waals surface area contributed by atoms with Crippen molar-refractivity contribution >= 4 is 11.7 Å². The number of hydrogen-bond acceptors (Lipinski definition) is 7. The van der Waals surface area contributed by atoms with E-state index in [9.17, 15) is 0 Å². The minimum atomic E-state index is 0.353. The van der Waals surface area contributed by atoms with Gasteiger partial charge >= 0.3 is 6.01 Å². The van der Waals surface area contributed by atoms with Crippen LogP contribution in [-0.4, -0.2) is 40.2 Å². The Kier molecular flexibility index (Phi) is 4.26. The third-order valence-corrected chi connectivity index (χ3v) is 2.18. The molecule has 0 aliphatic heterocycles. The molecular weight excluding hydrogens is 236 g/mol. The Labute approximate surface area is 104 Å². The Morgan fingerprint density at radius 2 is 2.33 bits per heavy atom. The first kappa shape index (κ1) is 12.5. The minimum Gasteiger partial charge on any atom is -0.406 e. The van der Waals surface area contributed by atoms with Gasteiger partial charge in [-0.05, 0) is 0 Å². The maximum Gasteiger partial charge on any atom is 0.320 e. The summed E-state index contributed by atoms with van der Waals surface area (Å²) in [6.45, 7) is 1.91. The molecule has 2 heterocycles. The second-order valence-electron chi connectivity index (χ2n) is 3.70. The number of nitrogens with one attached hydrogen (secondary N) is 2. The number of anilines is 2. The van der Waals surface area contributed by atoms with E-state index in [1.54, 1.807) is 18.0 Å². The molecule has 0 aliphatic rings. The van der Waals surface area contributed by atoms with Gasteiger partial charge in [0.1, 0.15) is 0 Å². The van der Waals surface area contributed by atoms with Crippen LogP contribution in [0.25, 0.3) is 0 Å². The highest BCUT2D eigenvalue weighted by atomic mass is 16.5. The number of methoxy groups -OCH3 is 1. The SMILES string of the molecule is COCCNCc1nnc(Nc2cnn(C)c2)o1. The lowest BCUT2D eigenvalue weighted by atomic mass is 10.6. The fourth-order valence-electron chi connectivity index (χ4n) is 1.35. The Hall–Kier alpha value is -1.93. The predicted octanol–water partition coefficient (Wildman–Crippen LogP) is 0.283. The van der Waals surface area contributed by atoms with Crippen LogP contribution in [0.4, 0.5) is 11.7 Å². The van der Waals surface area contributed by atoms with E-state index in [1.807, 2.05) is 13.2 Å². The van der Waals surface area contributed by atoms with Crippen molar-refractivity contribution < 1.29 is 9.15 Å². The largest absolute Gasteiger partial charge is 0.406 e. The number of ether oxygens (including phenoxy) is 1. The first-order valence-electron chi connectivity index (χ1n) is 5.55. The van der Waals surface area contributed by atoms with Crippen molar-refractivity contribution in [2.45, 2.75) is 6.54 Å². The lowest BCUT2D eigenvalue weighted by Crippen LogP contribution is -2.18. The zero-order chi connectivity index (χ0) is 12.8. The van der Waals surface area contributed by atoms with Crippen LogP contribution in [0.15, 0.2) is 16.8 Å². The molecule has 0 aromatic carbocycles. The molecule has 2 aromatic heterocycles. The van der Waals surface area contributed by atoms with Gasteiger partial charge in [0.2, 0.25) is 5.89 Å².